The standard InChI is InChI=1S/C18H12F8N2O2/c19-13-7-5-11(6-8-13)10-30-14-4-2-1-3-12(14)9-27-28-15(29)16(20,21)17(22,23)18(24,25)26/h1-9H,10H2,(H,28,29). The number of carbonyl (C=O) groups is 1. The van der Waals surface area contributed by atoms with E-state index in [4.69, 9.17) is 4.74 Å². The monoisotopic (exact) mass is 440 g/mol. The Labute approximate surface area is 164 Å². The summed E-state index contributed by atoms with van der Waals surface area (Å²) in [6.07, 6.45) is -5.92. The summed E-state index contributed by atoms with van der Waals surface area (Å²) in [5.74, 6) is -16.0. The van der Waals surface area contributed by atoms with Crippen LogP contribution < -0.4 is 10.2 Å². The molecule has 1 amide bonds. The Balaban J connectivity index is 2.08. The van der Waals surface area contributed by atoms with E-state index in [1.165, 1.54) is 48.5 Å². The number of halogens is 8. The molecule has 2 aromatic rings. The van der Waals surface area contributed by atoms with Crippen LogP contribution in [0.1, 0.15) is 11.1 Å². The number of hydrogen-bond donors (Lipinski definition) is 1. The maximum absolute atomic E-state index is 13.2. The highest BCUT2D eigenvalue weighted by molar-refractivity contribution is 5.88. The summed E-state index contributed by atoms with van der Waals surface area (Å²) in [5.41, 5.74) is 1.62. The molecule has 0 fully saturated rings. The predicted molar refractivity (Wildman–Crippen MR) is 88.9 cm³/mol. The van der Waals surface area contributed by atoms with Gasteiger partial charge in [-0.1, -0.05) is 24.3 Å². The Hall–Kier alpha value is -3.18. The second kappa shape index (κ2) is 8.67. The maximum atomic E-state index is 13.2. The van der Waals surface area contributed by atoms with Crippen LogP contribution in [-0.4, -0.2) is 30.1 Å². The van der Waals surface area contributed by atoms with E-state index in [2.05, 4.69) is 5.10 Å². The molecule has 0 aromatic heterocycles. The predicted octanol–water partition coefficient (Wildman–Crippen LogP) is 4.69. The van der Waals surface area contributed by atoms with E-state index < -0.39 is 29.7 Å². The summed E-state index contributed by atoms with van der Waals surface area (Å²) < 4.78 is 107. The highest BCUT2D eigenvalue weighted by atomic mass is 19.4. The van der Waals surface area contributed by atoms with Crippen molar-refractivity contribution in [3.63, 3.8) is 0 Å². The molecule has 12 heteroatoms. The lowest BCUT2D eigenvalue weighted by atomic mass is 10.1. The van der Waals surface area contributed by atoms with Crippen molar-refractivity contribution < 1.29 is 44.7 Å². The second-order valence-electron chi connectivity index (χ2n) is 5.80. The molecule has 0 aliphatic heterocycles. The van der Waals surface area contributed by atoms with Crippen molar-refractivity contribution >= 4 is 12.1 Å². The first-order chi connectivity index (χ1) is 13.9. The molecule has 0 atom stereocenters. The van der Waals surface area contributed by atoms with Crippen molar-refractivity contribution in [1.82, 2.24) is 5.43 Å². The van der Waals surface area contributed by atoms with Gasteiger partial charge in [-0.3, -0.25) is 4.79 Å². The molecule has 162 valence electrons. The van der Waals surface area contributed by atoms with Gasteiger partial charge in [-0.05, 0) is 29.8 Å². The molecule has 0 radical (unpaired) electrons. The van der Waals surface area contributed by atoms with Gasteiger partial charge in [0.2, 0.25) is 0 Å². The average Bonchev–Trinajstić information content (AvgIpc) is 2.67. The third kappa shape index (κ3) is 5.05. The fraction of sp³-hybridized carbons (Fsp3) is 0.222. The average molecular weight is 440 g/mol. The maximum Gasteiger partial charge on any atom is 0.460 e. The molecular weight excluding hydrogens is 428 g/mol. The van der Waals surface area contributed by atoms with E-state index in [0.29, 0.717) is 5.56 Å². The van der Waals surface area contributed by atoms with Crippen LogP contribution in [0, 0.1) is 5.82 Å². The Morgan fingerprint density at radius 1 is 0.967 bits per heavy atom. The van der Waals surface area contributed by atoms with Crippen LogP contribution >= 0.6 is 0 Å². The molecule has 0 saturated heterocycles. The minimum Gasteiger partial charge on any atom is -0.488 e. The van der Waals surface area contributed by atoms with Crippen LogP contribution in [0.5, 0.6) is 5.75 Å². The first-order valence-electron chi connectivity index (χ1n) is 7.98. The lowest BCUT2D eigenvalue weighted by molar-refractivity contribution is -0.344. The first kappa shape index (κ1) is 23.1. The van der Waals surface area contributed by atoms with E-state index in [0.717, 1.165) is 11.6 Å². The Morgan fingerprint density at radius 2 is 1.57 bits per heavy atom. The summed E-state index contributed by atoms with van der Waals surface area (Å²) in [5, 5.41) is 3.00. The van der Waals surface area contributed by atoms with Crippen molar-refractivity contribution in [2.24, 2.45) is 5.10 Å². The molecule has 2 rings (SSSR count). The molecule has 0 aliphatic carbocycles. The smallest absolute Gasteiger partial charge is 0.460 e. The topological polar surface area (TPSA) is 50.7 Å². The minimum absolute atomic E-state index is 0.0344. The third-order valence-corrected chi connectivity index (χ3v) is 3.63. The largest absolute Gasteiger partial charge is 0.488 e. The molecule has 0 heterocycles. The van der Waals surface area contributed by atoms with Crippen molar-refractivity contribution in [2.45, 2.75) is 24.6 Å². The van der Waals surface area contributed by atoms with Crippen LogP contribution in [0.15, 0.2) is 53.6 Å². The zero-order valence-corrected chi connectivity index (χ0v) is 14.7. The van der Waals surface area contributed by atoms with Crippen molar-refractivity contribution in [2.75, 3.05) is 0 Å². The lowest BCUT2D eigenvalue weighted by Crippen LogP contribution is -2.58. The van der Waals surface area contributed by atoms with Crippen molar-refractivity contribution in [3.05, 3.63) is 65.5 Å². The van der Waals surface area contributed by atoms with Gasteiger partial charge < -0.3 is 4.74 Å². The molecule has 0 unspecified atom stereocenters. The highest BCUT2D eigenvalue weighted by Gasteiger charge is 2.76. The highest BCUT2D eigenvalue weighted by Crippen LogP contribution is 2.46. The number of para-hydroxylation sites is 1. The fourth-order valence-electron chi connectivity index (χ4n) is 2.01. The zero-order valence-electron chi connectivity index (χ0n) is 14.7. The molecule has 0 saturated carbocycles. The van der Waals surface area contributed by atoms with Gasteiger partial charge in [0, 0.05) is 5.56 Å². The molecular formula is C18H12F8N2O2. The number of amides is 1. The van der Waals surface area contributed by atoms with Gasteiger partial charge in [0.1, 0.15) is 18.2 Å². The zero-order chi connectivity index (χ0) is 22.6. The number of rotatable bonds is 7. The molecule has 4 nitrogen and oxygen atoms in total. The van der Waals surface area contributed by atoms with Crippen LogP contribution in [0.2, 0.25) is 0 Å². The summed E-state index contributed by atoms with van der Waals surface area (Å²) >= 11 is 0. The molecule has 0 aliphatic rings. The Morgan fingerprint density at radius 3 is 2.17 bits per heavy atom. The lowest BCUT2D eigenvalue weighted by Gasteiger charge is -2.26. The number of ether oxygens (including phenoxy) is 1. The van der Waals surface area contributed by atoms with Crippen molar-refractivity contribution in [1.29, 1.82) is 0 Å². The van der Waals surface area contributed by atoms with E-state index >= 15 is 0 Å². The minimum atomic E-state index is -6.64. The number of hydrazone groups is 1. The Bertz CT molecular complexity index is 911. The molecule has 0 spiro atoms. The van der Waals surface area contributed by atoms with Gasteiger partial charge in [-0.15, -0.1) is 0 Å². The van der Waals surface area contributed by atoms with Gasteiger partial charge in [0.05, 0.1) is 6.21 Å². The van der Waals surface area contributed by atoms with Crippen molar-refractivity contribution in [3.8, 4) is 5.75 Å². The first-order valence-corrected chi connectivity index (χ1v) is 7.98. The van der Waals surface area contributed by atoms with E-state index in [9.17, 15) is 39.9 Å². The summed E-state index contributed by atoms with van der Waals surface area (Å²) in [6, 6.07) is 11.0. The summed E-state index contributed by atoms with van der Waals surface area (Å²) in [6.45, 7) is -0.0344. The van der Waals surface area contributed by atoms with E-state index in [1.807, 2.05) is 0 Å². The SMILES string of the molecule is O=C(NN=Cc1ccccc1OCc1ccc(F)cc1)C(F)(F)C(F)(F)C(F)(F)F. The summed E-state index contributed by atoms with van der Waals surface area (Å²) in [4.78, 5) is 11.2. The van der Waals surface area contributed by atoms with Gasteiger partial charge >= 0.3 is 23.9 Å². The number of alkyl halides is 7. The molecule has 1 N–H and O–H groups in total. The van der Waals surface area contributed by atoms with Gasteiger partial charge in [-0.25, -0.2) is 9.82 Å². The van der Waals surface area contributed by atoms with Crippen LogP contribution in [0.3, 0.4) is 0 Å². The molecule has 30 heavy (non-hydrogen) atoms. The van der Waals surface area contributed by atoms with Crippen LogP contribution in [0.25, 0.3) is 0 Å². The van der Waals surface area contributed by atoms with Gasteiger partial charge in [0.15, 0.2) is 0 Å². The van der Waals surface area contributed by atoms with Crippen LogP contribution in [0.4, 0.5) is 35.1 Å². The normalized spacial score (nSPS) is 12.8. The number of carbonyl (C=O) groups excluding carboxylic acids is 1. The van der Waals surface area contributed by atoms with Gasteiger partial charge in [0.25, 0.3) is 0 Å². The molecule has 2 aromatic carbocycles. The number of hydrogen-bond acceptors (Lipinski definition) is 3. The van der Waals surface area contributed by atoms with Crippen LogP contribution in [-0.2, 0) is 11.4 Å². The van der Waals surface area contributed by atoms with E-state index in [1.54, 1.807) is 0 Å². The Kier molecular flexibility index (Phi) is 6.68. The quantitative estimate of drug-likeness (QED) is 0.386. The fourth-order valence-corrected chi connectivity index (χ4v) is 2.01. The summed E-state index contributed by atoms with van der Waals surface area (Å²) in [7, 11) is 0. The van der Waals surface area contributed by atoms with E-state index in [-0.39, 0.29) is 17.9 Å². The number of nitrogens with zero attached hydrogens (tertiary/aromatic N) is 1. The van der Waals surface area contributed by atoms with Gasteiger partial charge in [-0.2, -0.15) is 35.8 Å². The third-order valence-electron chi connectivity index (χ3n) is 3.63. The molecule has 0 bridgehead atoms. The second-order valence-corrected chi connectivity index (χ2v) is 5.80. The number of benzene rings is 2. The number of nitrogens with one attached hydrogen (secondary N) is 1.